The third-order valence-corrected chi connectivity index (χ3v) is 11.1. The van der Waals surface area contributed by atoms with Crippen LogP contribution in [0.25, 0.3) is 11.1 Å². The highest BCUT2D eigenvalue weighted by atomic mass is 16.7. The van der Waals surface area contributed by atoms with Gasteiger partial charge in [-0.15, -0.1) is 0 Å². The molecule has 0 bridgehead atoms. The number of nitrogens with two attached hydrogens (primary N) is 1. The summed E-state index contributed by atoms with van der Waals surface area (Å²) in [5.74, 6) is -0.161. The molecule has 0 spiro atoms. The van der Waals surface area contributed by atoms with Crippen LogP contribution in [0.4, 0.5) is 11.4 Å². The van der Waals surface area contributed by atoms with Crippen molar-refractivity contribution in [2.75, 3.05) is 43.8 Å². The average molecular weight is 782 g/mol. The van der Waals surface area contributed by atoms with Crippen LogP contribution in [0.3, 0.4) is 0 Å². The lowest BCUT2D eigenvalue weighted by Gasteiger charge is -2.40. The number of hydrogen-bond donors (Lipinski definition) is 4. The highest BCUT2D eigenvalue weighted by Gasteiger charge is 2.34. The number of aliphatic hydroxyl groups excluding tert-OH is 1. The highest BCUT2D eigenvalue weighted by molar-refractivity contribution is 5.93. The normalized spacial score (nSPS) is 18.7. The van der Waals surface area contributed by atoms with E-state index in [0.717, 1.165) is 79.1 Å². The Balaban J connectivity index is 0.940. The molecule has 2 fully saturated rings. The molecule has 3 atom stereocenters. The van der Waals surface area contributed by atoms with E-state index in [-0.39, 0.29) is 30.6 Å². The fraction of sp³-hybridized carbons (Fsp3) is 0.333. The van der Waals surface area contributed by atoms with E-state index in [2.05, 4.69) is 93.2 Å². The number of nitrogens with zero attached hydrogens (tertiary/aromatic N) is 2. The van der Waals surface area contributed by atoms with Crippen LogP contribution in [0.5, 0.6) is 0 Å². The summed E-state index contributed by atoms with van der Waals surface area (Å²) in [6.45, 7) is 6.24. The Morgan fingerprint density at radius 1 is 0.690 bits per heavy atom. The van der Waals surface area contributed by atoms with Crippen LogP contribution in [-0.4, -0.2) is 65.5 Å². The minimum absolute atomic E-state index is 0.00620. The molecule has 0 unspecified atom stereocenters. The molecular formula is C48H55N5O5. The molecule has 2 aliphatic heterocycles. The van der Waals surface area contributed by atoms with E-state index in [9.17, 15) is 14.7 Å². The maximum Gasteiger partial charge on any atom is 0.224 e. The third-order valence-electron chi connectivity index (χ3n) is 11.1. The highest BCUT2D eigenvalue weighted by Crippen LogP contribution is 2.39. The van der Waals surface area contributed by atoms with Gasteiger partial charge in [-0.2, -0.15) is 0 Å². The van der Waals surface area contributed by atoms with E-state index in [1.165, 1.54) is 5.56 Å². The summed E-state index contributed by atoms with van der Waals surface area (Å²) in [6.07, 6.45) is 1.93. The van der Waals surface area contributed by atoms with E-state index in [4.69, 9.17) is 15.2 Å². The zero-order valence-electron chi connectivity index (χ0n) is 33.1. The third kappa shape index (κ3) is 11.4. The van der Waals surface area contributed by atoms with Crippen molar-refractivity contribution in [3.63, 3.8) is 0 Å². The number of benzene rings is 5. The number of nitrogen functional groups attached to an aromatic ring is 1. The van der Waals surface area contributed by atoms with E-state index in [0.29, 0.717) is 43.6 Å². The van der Waals surface area contributed by atoms with Gasteiger partial charge in [-0.25, -0.2) is 0 Å². The molecule has 0 saturated carbocycles. The van der Waals surface area contributed by atoms with Crippen molar-refractivity contribution < 1.29 is 24.2 Å². The predicted octanol–water partition coefficient (Wildman–Crippen LogP) is 7.61. The van der Waals surface area contributed by atoms with Gasteiger partial charge >= 0.3 is 0 Å². The fourth-order valence-electron chi connectivity index (χ4n) is 7.75. The standard InChI is InChI=1S/C48H55N5O5/c49-43-14-6-7-15-44(43)51-47(56)17-9-8-16-46(55)50-31-40-12-4-5-13-42(40)37-22-24-39(25-23-37)48-57-41(30-45(58-48)38-20-18-36(34-54)19-21-38)33-53-28-26-52(27-29-53)32-35-10-2-1-3-11-35/h1-7,10-15,18-25,41,45,48,54H,8-9,16-17,26-34,49H2,(H,50,55)(H,51,56)/t41-,45+,48+/m1/s1. The first-order chi connectivity index (χ1) is 28.4. The number of ether oxygens (including phenoxy) is 2. The van der Waals surface area contributed by atoms with Crippen LogP contribution in [-0.2, 0) is 38.8 Å². The van der Waals surface area contributed by atoms with Gasteiger partial charge in [0.15, 0.2) is 6.29 Å². The van der Waals surface area contributed by atoms with E-state index in [1.807, 2.05) is 42.5 Å². The van der Waals surface area contributed by atoms with Crippen LogP contribution in [0, 0.1) is 0 Å². The Bertz CT molecular complexity index is 2070. The van der Waals surface area contributed by atoms with Gasteiger partial charge in [0, 0.05) is 70.6 Å². The summed E-state index contributed by atoms with van der Waals surface area (Å²) in [5, 5.41) is 15.5. The number of carbonyl (C=O) groups excluding carboxylic acids is 2. The lowest BCUT2D eigenvalue weighted by atomic mass is 9.97. The number of unbranched alkanes of at least 4 members (excludes halogenated alkanes) is 1. The van der Waals surface area contributed by atoms with Crippen LogP contribution >= 0.6 is 0 Å². The van der Waals surface area contributed by atoms with Gasteiger partial charge in [-0.1, -0.05) is 115 Å². The Morgan fingerprint density at radius 3 is 2.09 bits per heavy atom. The molecule has 7 rings (SSSR count). The second kappa shape index (κ2) is 20.4. The molecule has 5 aromatic carbocycles. The number of anilines is 2. The van der Waals surface area contributed by atoms with Crippen molar-refractivity contribution in [1.82, 2.24) is 15.1 Å². The molecule has 10 nitrogen and oxygen atoms in total. The Kier molecular flexibility index (Phi) is 14.3. The van der Waals surface area contributed by atoms with Gasteiger partial charge in [0.05, 0.1) is 30.2 Å². The summed E-state index contributed by atoms with van der Waals surface area (Å²) in [6, 6.07) is 42.3. The molecule has 5 aromatic rings. The smallest absolute Gasteiger partial charge is 0.224 e. The quantitative estimate of drug-likeness (QED) is 0.0595. The minimum Gasteiger partial charge on any atom is -0.397 e. The number of piperazine rings is 1. The minimum atomic E-state index is -0.535. The maximum atomic E-state index is 12.8. The summed E-state index contributed by atoms with van der Waals surface area (Å²) >= 11 is 0. The second-order valence-corrected chi connectivity index (χ2v) is 15.3. The van der Waals surface area contributed by atoms with Crippen molar-refractivity contribution in [2.45, 2.75) is 70.3 Å². The first-order valence-electron chi connectivity index (χ1n) is 20.5. The number of amides is 2. The zero-order chi connectivity index (χ0) is 40.1. The van der Waals surface area contributed by atoms with Crippen molar-refractivity contribution in [1.29, 1.82) is 0 Å². The largest absolute Gasteiger partial charge is 0.397 e. The van der Waals surface area contributed by atoms with Gasteiger partial charge in [0.1, 0.15) is 0 Å². The lowest BCUT2D eigenvalue weighted by molar-refractivity contribution is -0.253. The van der Waals surface area contributed by atoms with Crippen molar-refractivity contribution in [2.24, 2.45) is 0 Å². The average Bonchev–Trinajstić information content (AvgIpc) is 3.26. The lowest BCUT2D eigenvalue weighted by Crippen LogP contribution is -2.49. The number of para-hydroxylation sites is 2. The molecule has 58 heavy (non-hydrogen) atoms. The monoisotopic (exact) mass is 781 g/mol. The Hall–Kier alpha value is -5.36. The van der Waals surface area contributed by atoms with Crippen molar-refractivity contribution >= 4 is 23.2 Å². The molecule has 302 valence electrons. The number of rotatable bonds is 16. The van der Waals surface area contributed by atoms with E-state index in [1.54, 1.807) is 12.1 Å². The van der Waals surface area contributed by atoms with Gasteiger partial charge in [0.2, 0.25) is 11.8 Å². The van der Waals surface area contributed by atoms with Crippen LogP contribution in [0.2, 0.25) is 0 Å². The van der Waals surface area contributed by atoms with Gasteiger partial charge < -0.3 is 30.9 Å². The van der Waals surface area contributed by atoms with Crippen molar-refractivity contribution in [3.05, 3.63) is 155 Å². The van der Waals surface area contributed by atoms with Gasteiger partial charge in [-0.3, -0.25) is 19.4 Å². The predicted molar refractivity (Wildman–Crippen MR) is 228 cm³/mol. The zero-order valence-corrected chi connectivity index (χ0v) is 33.1. The molecule has 0 aliphatic carbocycles. The Labute approximate surface area is 342 Å². The number of aliphatic hydroxyl groups is 1. The van der Waals surface area contributed by atoms with Crippen LogP contribution in [0.15, 0.2) is 127 Å². The number of nitrogens with one attached hydrogen (secondary N) is 2. The van der Waals surface area contributed by atoms with Crippen LogP contribution < -0.4 is 16.4 Å². The molecule has 2 amide bonds. The van der Waals surface area contributed by atoms with Gasteiger partial charge in [-0.05, 0) is 58.4 Å². The summed E-state index contributed by atoms with van der Waals surface area (Å²) < 4.78 is 13.4. The molecule has 5 N–H and O–H groups in total. The SMILES string of the molecule is Nc1ccccc1NC(=O)CCCCC(=O)NCc1ccccc1-c1ccc([C@H]2O[C@@H](CN3CCN(Cc4ccccc4)CC3)C[C@@H](c3ccc(CO)cc3)O2)cc1. The molecule has 10 heteroatoms. The van der Waals surface area contributed by atoms with Crippen LogP contribution in [0.1, 0.15) is 72.3 Å². The van der Waals surface area contributed by atoms with E-state index < -0.39 is 6.29 Å². The molecule has 2 heterocycles. The van der Waals surface area contributed by atoms with E-state index >= 15 is 0 Å². The maximum absolute atomic E-state index is 12.8. The topological polar surface area (TPSA) is 129 Å². The fourth-order valence-corrected chi connectivity index (χ4v) is 7.75. The molecule has 0 radical (unpaired) electrons. The van der Waals surface area contributed by atoms with Crippen molar-refractivity contribution in [3.8, 4) is 11.1 Å². The Morgan fingerprint density at radius 2 is 1.34 bits per heavy atom. The molecule has 2 aliphatic rings. The molecular weight excluding hydrogens is 727 g/mol. The first-order valence-corrected chi connectivity index (χ1v) is 20.5. The first kappa shape index (κ1) is 40.8. The summed E-state index contributed by atoms with van der Waals surface area (Å²) in [7, 11) is 0. The summed E-state index contributed by atoms with van der Waals surface area (Å²) in [5.41, 5.74) is 14.4. The second-order valence-electron chi connectivity index (χ2n) is 15.3. The number of hydrogen-bond acceptors (Lipinski definition) is 8. The van der Waals surface area contributed by atoms with Gasteiger partial charge in [0.25, 0.3) is 0 Å². The summed E-state index contributed by atoms with van der Waals surface area (Å²) in [4.78, 5) is 30.2. The molecule has 2 saturated heterocycles. The number of carbonyl (C=O) groups is 2. The molecule has 0 aromatic heterocycles.